The summed E-state index contributed by atoms with van der Waals surface area (Å²) in [5.41, 5.74) is 5.46. The minimum absolute atomic E-state index is 0.0759. The fourth-order valence-corrected chi connectivity index (χ4v) is 3.05. The zero-order chi connectivity index (χ0) is 18.0. The Labute approximate surface area is 147 Å². The highest BCUT2D eigenvalue weighted by molar-refractivity contribution is 6.34. The van der Waals surface area contributed by atoms with Crippen molar-refractivity contribution in [3.63, 3.8) is 0 Å². The number of benzene rings is 2. The van der Waals surface area contributed by atoms with Gasteiger partial charge in [-0.3, -0.25) is 4.79 Å². The predicted molar refractivity (Wildman–Crippen MR) is 104 cm³/mol. The zero-order valence-electron chi connectivity index (χ0n) is 14.9. The Morgan fingerprint density at radius 3 is 2.60 bits per heavy atom. The van der Waals surface area contributed by atoms with Crippen LogP contribution in [0.3, 0.4) is 0 Å². The molecule has 4 rings (SSSR count). The number of hydrogen-bond donors (Lipinski definition) is 2. The molecule has 2 N–H and O–H groups in total. The molecule has 1 aromatic heterocycles. The minimum Gasteiger partial charge on any atom is -0.496 e. The van der Waals surface area contributed by atoms with Gasteiger partial charge in [0.1, 0.15) is 5.75 Å². The van der Waals surface area contributed by atoms with Crippen molar-refractivity contribution in [1.29, 1.82) is 0 Å². The van der Waals surface area contributed by atoms with E-state index >= 15 is 0 Å². The van der Waals surface area contributed by atoms with Crippen LogP contribution in [0.15, 0.2) is 42.5 Å². The molecule has 0 atom stereocenters. The van der Waals surface area contributed by atoms with E-state index < -0.39 is 0 Å². The number of aromatic nitrogens is 1. The fourth-order valence-electron chi connectivity index (χ4n) is 3.05. The van der Waals surface area contributed by atoms with E-state index in [1.807, 2.05) is 63.2 Å². The molecule has 0 saturated heterocycles. The van der Waals surface area contributed by atoms with Crippen molar-refractivity contribution in [2.24, 2.45) is 0 Å². The second-order valence-electron chi connectivity index (χ2n) is 5.71. The van der Waals surface area contributed by atoms with Gasteiger partial charge in [0, 0.05) is 27.8 Å². The van der Waals surface area contributed by atoms with Crippen LogP contribution in [0.25, 0.3) is 22.6 Å². The summed E-state index contributed by atoms with van der Waals surface area (Å²) >= 11 is 0. The Hall–Kier alpha value is -3.01. The molecule has 1 amide bonds. The highest BCUT2D eigenvalue weighted by atomic mass is 16.5. The lowest BCUT2D eigenvalue weighted by Gasteiger charge is -2.02. The molecular formula is C21H22N2O2. The van der Waals surface area contributed by atoms with E-state index in [0.29, 0.717) is 5.57 Å². The molecule has 3 aromatic rings. The van der Waals surface area contributed by atoms with Gasteiger partial charge in [-0.2, -0.15) is 0 Å². The molecule has 2 aromatic carbocycles. The maximum Gasteiger partial charge on any atom is 0.256 e. The normalized spacial score (nSPS) is 14.1. The molecule has 128 valence electrons. The summed E-state index contributed by atoms with van der Waals surface area (Å²) in [6.07, 6.45) is 1.88. The van der Waals surface area contributed by atoms with Crippen LogP contribution in [0.4, 0.5) is 5.69 Å². The number of aromatic amines is 1. The van der Waals surface area contributed by atoms with Crippen LogP contribution in [-0.2, 0) is 4.79 Å². The second kappa shape index (κ2) is 6.85. The van der Waals surface area contributed by atoms with Gasteiger partial charge in [-0.05, 0) is 42.8 Å². The third-order valence-electron chi connectivity index (χ3n) is 4.10. The van der Waals surface area contributed by atoms with E-state index in [9.17, 15) is 4.79 Å². The molecule has 2 heterocycles. The van der Waals surface area contributed by atoms with E-state index in [4.69, 9.17) is 4.74 Å². The summed E-state index contributed by atoms with van der Waals surface area (Å²) in [5, 5.41) is 3.90. The molecule has 4 nitrogen and oxygen atoms in total. The molecule has 25 heavy (non-hydrogen) atoms. The molecule has 1 aliphatic rings. The smallest absolute Gasteiger partial charge is 0.256 e. The van der Waals surface area contributed by atoms with Crippen LogP contribution < -0.4 is 10.1 Å². The number of hydrogen-bond acceptors (Lipinski definition) is 2. The number of methoxy groups -OCH3 is 1. The summed E-state index contributed by atoms with van der Waals surface area (Å²) in [5.74, 6) is 0.755. The molecule has 0 radical (unpaired) electrons. The Morgan fingerprint density at radius 2 is 1.84 bits per heavy atom. The lowest BCUT2D eigenvalue weighted by atomic mass is 10.1. The highest BCUT2D eigenvalue weighted by Crippen LogP contribution is 2.34. The number of aryl methyl sites for hydroxylation is 1. The Balaban J connectivity index is 0.000000880. The Kier molecular flexibility index (Phi) is 4.61. The zero-order valence-corrected chi connectivity index (χ0v) is 14.9. The lowest BCUT2D eigenvalue weighted by molar-refractivity contribution is -0.110. The number of fused-ring (bicyclic) bond motifs is 2. The first-order chi connectivity index (χ1) is 12.2. The lowest BCUT2D eigenvalue weighted by Crippen LogP contribution is -2.03. The summed E-state index contributed by atoms with van der Waals surface area (Å²) < 4.78 is 5.45. The van der Waals surface area contributed by atoms with Crippen LogP contribution in [0.2, 0.25) is 0 Å². The van der Waals surface area contributed by atoms with Gasteiger partial charge in [0.2, 0.25) is 0 Å². The van der Waals surface area contributed by atoms with Gasteiger partial charge in [0.25, 0.3) is 5.91 Å². The summed E-state index contributed by atoms with van der Waals surface area (Å²) in [7, 11) is 1.67. The van der Waals surface area contributed by atoms with E-state index in [0.717, 1.165) is 39.2 Å². The van der Waals surface area contributed by atoms with Crippen LogP contribution in [0.5, 0.6) is 5.75 Å². The number of amides is 1. The molecule has 0 fully saturated rings. The van der Waals surface area contributed by atoms with Gasteiger partial charge in [-0.15, -0.1) is 0 Å². The van der Waals surface area contributed by atoms with Crippen molar-refractivity contribution in [3.05, 3.63) is 59.3 Å². The molecule has 0 unspecified atom stereocenters. The Morgan fingerprint density at radius 1 is 1.08 bits per heavy atom. The summed E-state index contributed by atoms with van der Waals surface area (Å²) in [6, 6.07) is 13.8. The van der Waals surface area contributed by atoms with Gasteiger partial charge >= 0.3 is 0 Å². The Bertz CT molecular complexity index is 967. The van der Waals surface area contributed by atoms with Crippen molar-refractivity contribution in [3.8, 4) is 5.75 Å². The first-order valence-electron chi connectivity index (χ1n) is 8.45. The van der Waals surface area contributed by atoms with Crippen molar-refractivity contribution < 1.29 is 9.53 Å². The van der Waals surface area contributed by atoms with Crippen LogP contribution >= 0.6 is 0 Å². The van der Waals surface area contributed by atoms with E-state index in [1.165, 1.54) is 0 Å². The molecule has 4 heteroatoms. The highest BCUT2D eigenvalue weighted by Gasteiger charge is 2.23. The number of para-hydroxylation sites is 1. The van der Waals surface area contributed by atoms with Crippen molar-refractivity contribution >= 4 is 34.1 Å². The van der Waals surface area contributed by atoms with Crippen molar-refractivity contribution in [2.75, 3.05) is 12.4 Å². The maximum absolute atomic E-state index is 12.2. The van der Waals surface area contributed by atoms with E-state index in [2.05, 4.69) is 16.4 Å². The molecule has 0 saturated carbocycles. The maximum atomic E-state index is 12.2. The first kappa shape index (κ1) is 16.8. The second-order valence-corrected chi connectivity index (χ2v) is 5.71. The SMILES string of the molecule is CC.COc1cc(C)cc2[nH]c(/C=C3\C(=O)Nc4ccccc43)cc12. The number of H-pyrrole nitrogens is 1. The average molecular weight is 334 g/mol. The first-order valence-corrected chi connectivity index (χ1v) is 8.45. The number of anilines is 1. The average Bonchev–Trinajstić information content (AvgIpc) is 3.17. The number of carbonyl (C=O) groups is 1. The van der Waals surface area contributed by atoms with Gasteiger partial charge in [0.05, 0.1) is 12.7 Å². The van der Waals surface area contributed by atoms with Gasteiger partial charge < -0.3 is 15.0 Å². The van der Waals surface area contributed by atoms with E-state index in [-0.39, 0.29) is 5.91 Å². The molecule has 1 aliphatic heterocycles. The van der Waals surface area contributed by atoms with Crippen molar-refractivity contribution in [1.82, 2.24) is 4.98 Å². The fraction of sp³-hybridized carbons (Fsp3) is 0.190. The third-order valence-corrected chi connectivity index (χ3v) is 4.10. The monoisotopic (exact) mass is 334 g/mol. The largest absolute Gasteiger partial charge is 0.496 e. The number of ether oxygens (including phenoxy) is 1. The predicted octanol–water partition coefficient (Wildman–Crippen LogP) is 5.00. The van der Waals surface area contributed by atoms with Gasteiger partial charge in [-0.1, -0.05) is 32.0 Å². The van der Waals surface area contributed by atoms with Crippen molar-refractivity contribution in [2.45, 2.75) is 20.8 Å². The van der Waals surface area contributed by atoms with E-state index in [1.54, 1.807) is 7.11 Å². The number of nitrogens with one attached hydrogen (secondary N) is 2. The minimum atomic E-state index is -0.0759. The molecule has 0 bridgehead atoms. The van der Waals surface area contributed by atoms with Crippen LogP contribution in [0.1, 0.15) is 30.7 Å². The summed E-state index contributed by atoms with van der Waals surface area (Å²) in [6.45, 7) is 6.03. The quantitative estimate of drug-likeness (QED) is 0.648. The van der Waals surface area contributed by atoms with Crippen LogP contribution in [0, 0.1) is 6.92 Å². The van der Waals surface area contributed by atoms with Gasteiger partial charge in [-0.25, -0.2) is 0 Å². The standard InChI is InChI=1S/C19H16N2O2.C2H6/c1-11-7-17-15(18(8-11)23-2)10-12(20-17)9-14-13-5-3-4-6-16(13)21-19(14)22;1-2/h3-10,20H,1-2H3,(H,21,22);1-2H3/b14-9-;. The topological polar surface area (TPSA) is 54.1 Å². The molecular weight excluding hydrogens is 312 g/mol. The van der Waals surface area contributed by atoms with Gasteiger partial charge in [0.15, 0.2) is 0 Å². The number of rotatable bonds is 2. The van der Waals surface area contributed by atoms with Crippen LogP contribution in [-0.4, -0.2) is 18.0 Å². The molecule has 0 aliphatic carbocycles. The summed E-state index contributed by atoms with van der Waals surface area (Å²) in [4.78, 5) is 15.6. The molecule has 0 spiro atoms. The third kappa shape index (κ3) is 3.03. The number of carbonyl (C=O) groups excluding carboxylic acids is 1.